The van der Waals surface area contributed by atoms with Crippen molar-refractivity contribution in [1.29, 1.82) is 0 Å². The van der Waals surface area contributed by atoms with E-state index in [4.69, 9.17) is 0 Å². The summed E-state index contributed by atoms with van der Waals surface area (Å²) >= 11 is 1.38. The first-order chi connectivity index (χ1) is 13.5. The van der Waals surface area contributed by atoms with Gasteiger partial charge in [-0.25, -0.2) is 4.39 Å². The fraction of sp³-hybridized carbons (Fsp3) is 0.182. The number of aryl methyl sites for hydroxylation is 1. The molecule has 6 heteroatoms. The number of piperazine rings is 1. The SMILES string of the molecule is Cc1cccc(N2CC(=O)N(c3ccccc3F)[C@H](c3cccs3)C2=O)c1C. The molecule has 0 bridgehead atoms. The molecule has 2 amide bonds. The molecular weight excluding hydrogens is 375 g/mol. The van der Waals surface area contributed by atoms with Gasteiger partial charge in [-0.2, -0.15) is 0 Å². The number of halogens is 1. The second-order valence-electron chi connectivity index (χ2n) is 6.78. The molecule has 0 radical (unpaired) electrons. The fourth-order valence-electron chi connectivity index (χ4n) is 3.54. The summed E-state index contributed by atoms with van der Waals surface area (Å²) in [6.45, 7) is 3.78. The van der Waals surface area contributed by atoms with Gasteiger partial charge in [0, 0.05) is 10.6 Å². The van der Waals surface area contributed by atoms with Crippen LogP contribution in [0.1, 0.15) is 22.0 Å². The molecule has 0 unspecified atom stereocenters. The zero-order valence-corrected chi connectivity index (χ0v) is 16.4. The number of hydrogen-bond donors (Lipinski definition) is 0. The van der Waals surface area contributed by atoms with E-state index in [1.165, 1.54) is 33.3 Å². The van der Waals surface area contributed by atoms with E-state index < -0.39 is 11.9 Å². The van der Waals surface area contributed by atoms with Crippen molar-refractivity contribution in [2.24, 2.45) is 0 Å². The van der Waals surface area contributed by atoms with E-state index in [1.807, 2.05) is 43.5 Å². The molecule has 1 saturated heterocycles. The van der Waals surface area contributed by atoms with Crippen molar-refractivity contribution in [1.82, 2.24) is 0 Å². The Labute approximate surface area is 166 Å². The van der Waals surface area contributed by atoms with Crippen LogP contribution in [-0.2, 0) is 9.59 Å². The van der Waals surface area contributed by atoms with Crippen molar-refractivity contribution in [3.63, 3.8) is 0 Å². The van der Waals surface area contributed by atoms with Gasteiger partial charge in [-0.15, -0.1) is 11.3 Å². The third-order valence-corrected chi connectivity index (χ3v) is 6.04. The molecule has 3 aromatic rings. The average Bonchev–Trinajstić information content (AvgIpc) is 3.20. The van der Waals surface area contributed by atoms with Gasteiger partial charge in [0.05, 0.1) is 5.69 Å². The molecule has 1 aromatic heterocycles. The smallest absolute Gasteiger partial charge is 0.256 e. The number of hydrogen-bond acceptors (Lipinski definition) is 3. The Morgan fingerprint density at radius 2 is 1.71 bits per heavy atom. The van der Waals surface area contributed by atoms with Crippen molar-refractivity contribution in [2.75, 3.05) is 16.3 Å². The van der Waals surface area contributed by atoms with E-state index in [9.17, 15) is 14.0 Å². The monoisotopic (exact) mass is 394 g/mol. The lowest BCUT2D eigenvalue weighted by Crippen LogP contribution is -2.56. The Morgan fingerprint density at radius 3 is 2.43 bits per heavy atom. The number of rotatable bonds is 3. The van der Waals surface area contributed by atoms with E-state index in [1.54, 1.807) is 18.2 Å². The number of carbonyl (C=O) groups is 2. The predicted molar refractivity (Wildman–Crippen MR) is 109 cm³/mol. The quantitative estimate of drug-likeness (QED) is 0.650. The molecule has 28 heavy (non-hydrogen) atoms. The third-order valence-electron chi connectivity index (χ3n) is 5.11. The maximum absolute atomic E-state index is 14.5. The maximum atomic E-state index is 14.5. The number of thiophene rings is 1. The van der Waals surface area contributed by atoms with Crippen molar-refractivity contribution < 1.29 is 14.0 Å². The minimum atomic E-state index is -0.891. The molecule has 4 rings (SSSR count). The van der Waals surface area contributed by atoms with Crippen LogP contribution in [0.2, 0.25) is 0 Å². The van der Waals surface area contributed by atoms with Gasteiger partial charge in [-0.05, 0) is 54.6 Å². The molecular formula is C22H19FN2O2S. The first-order valence-electron chi connectivity index (χ1n) is 8.96. The van der Waals surface area contributed by atoms with Crippen LogP contribution in [0, 0.1) is 19.7 Å². The van der Waals surface area contributed by atoms with Gasteiger partial charge < -0.3 is 4.90 Å². The van der Waals surface area contributed by atoms with Gasteiger partial charge in [0.2, 0.25) is 5.91 Å². The minimum absolute atomic E-state index is 0.125. The van der Waals surface area contributed by atoms with Gasteiger partial charge in [0.15, 0.2) is 6.04 Å². The van der Waals surface area contributed by atoms with E-state index in [2.05, 4.69) is 0 Å². The van der Waals surface area contributed by atoms with Gasteiger partial charge in [-0.3, -0.25) is 14.5 Å². The van der Waals surface area contributed by atoms with Gasteiger partial charge >= 0.3 is 0 Å². The molecule has 2 heterocycles. The summed E-state index contributed by atoms with van der Waals surface area (Å²) in [7, 11) is 0. The Morgan fingerprint density at radius 1 is 0.964 bits per heavy atom. The molecule has 0 saturated carbocycles. The Balaban J connectivity index is 1.84. The van der Waals surface area contributed by atoms with Crippen LogP contribution < -0.4 is 9.80 Å². The van der Waals surface area contributed by atoms with E-state index >= 15 is 0 Å². The normalized spacial score (nSPS) is 17.3. The van der Waals surface area contributed by atoms with Crippen molar-refractivity contribution in [2.45, 2.75) is 19.9 Å². The Bertz CT molecular complexity index is 1050. The zero-order valence-electron chi connectivity index (χ0n) is 15.6. The summed E-state index contributed by atoms with van der Waals surface area (Å²) in [4.78, 5) is 30.2. The molecule has 4 nitrogen and oxygen atoms in total. The summed E-state index contributed by atoms with van der Waals surface area (Å²) in [5, 5.41) is 1.85. The van der Waals surface area contributed by atoms with Crippen molar-refractivity contribution >= 4 is 34.5 Å². The Kier molecular flexibility index (Phi) is 4.73. The highest BCUT2D eigenvalue weighted by Gasteiger charge is 2.43. The van der Waals surface area contributed by atoms with Crippen LogP contribution in [0.4, 0.5) is 15.8 Å². The number of benzene rings is 2. The second kappa shape index (κ2) is 7.20. The fourth-order valence-corrected chi connectivity index (χ4v) is 4.35. The highest BCUT2D eigenvalue weighted by atomic mass is 32.1. The Hall–Kier alpha value is -2.99. The van der Waals surface area contributed by atoms with Crippen LogP contribution in [0.3, 0.4) is 0 Å². The van der Waals surface area contributed by atoms with Crippen molar-refractivity contribution in [3.05, 3.63) is 81.8 Å². The lowest BCUT2D eigenvalue weighted by atomic mass is 10.0. The number of carbonyl (C=O) groups excluding carboxylic acids is 2. The molecule has 1 atom stereocenters. The predicted octanol–water partition coefficient (Wildman–Crippen LogP) is 4.63. The lowest BCUT2D eigenvalue weighted by molar-refractivity contribution is -0.128. The van der Waals surface area contributed by atoms with Gasteiger partial charge in [-0.1, -0.05) is 30.3 Å². The van der Waals surface area contributed by atoms with E-state index in [0.717, 1.165) is 11.1 Å². The molecule has 2 aromatic carbocycles. The number of para-hydroxylation sites is 1. The van der Waals surface area contributed by atoms with Crippen LogP contribution in [-0.4, -0.2) is 18.4 Å². The lowest BCUT2D eigenvalue weighted by Gasteiger charge is -2.40. The molecule has 1 fully saturated rings. The van der Waals surface area contributed by atoms with Crippen LogP contribution in [0.15, 0.2) is 60.0 Å². The third kappa shape index (κ3) is 2.99. The van der Waals surface area contributed by atoms with Crippen LogP contribution in [0.25, 0.3) is 0 Å². The number of amides is 2. The molecule has 1 aliphatic heterocycles. The summed E-state index contributed by atoms with van der Waals surface area (Å²) in [5.74, 6) is -1.08. The van der Waals surface area contributed by atoms with E-state index in [0.29, 0.717) is 10.6 Å². The molecule has 0 N–H and O–H groups in total. The number of anilines is 2. The van der Waals surface area contributed by atoms with Crippen LogP contribution in [0.5, 0.6) is 0 Å². The number of nitrogens with zero attached hydrogens (tertiary/aromatic N) is 2. The highest BCUT2D eigenvalue weighted by molar-refractivity contribution is 7.10. The minimum Gasteiger partial charge on any atom is -0.301 e. The van der Waals surface area contributed by atoms with Crippen LogP contribution >= 0.6 is 11.3 Å². The standard InChI is InChI=1S/C22H19FN2O2S/c1-14-7-5-10-17(15(14)2)24-13-20(26)25(18-9-4-3-8-16(18)23)21(22(24)27)19-11-6-12-28-19/h3-12,21H,13H2,1-2H3/t21-/m1/s1. The van der Waals surface area contributed by atoms with Gasteiger partial charge in [0.25, 0.3) is 5.91 Å². The highest BCUT2D eigenvalue weighted by Crippen LogP contribution is 2.38. The largest absolute Gasteiger partial charge is 0.301 e. The summed E-state index contributed by atoms with van der Waals surface area (Å²) < 4.78 is 14.5. The first kappa shape index (κ1) is 18.4. The van der Waals surface area contributed by atoms with E-state index in [-0.39, 0.29) is 24.0 Å². The first-order valence-corrected chi connectivity index (χ1v) is 9.84. The van der Waals surface area contributed by atoms with Gasteiger partial charge in [0.1, 0.15) is 12.4 Å². The molecule has 0 aliphatic carbocycles. The molecule has 142 valence electrons. The second-order valence-corrected chi connectivity index (χ2v) is 7.76. The summed E-state index contributed by atoms with van der Waals surface area (Å²) in [5.41, 5.74) is 2.84. The zero-order chi connectivity index (χ0) is 19.8. The average molecular weight is 394 g/mol. The van der Waals surface area contributed by atoms with Crippen molar-refractivity contribution in [3.8, 4) is 0 Å². The topological polar surface area (TPSA) is 40.6 Å². The molecule has 1 aliphatic rings. The molecule has 0 spiro atoms. The maximum Gasteiger partial charge on any atom is 0.256 e. The summed E-state index contributed by atoms with van der Waals surface area (Å²) in [6, 6.07) is 14.5. The summed E-state index contributed by atoms with van der Waals surface area (Å²) in [6.07, 6.45) is 0.